The minimum atomic E-state index is -3.47. The highest BCUT2D eigenvalue weighted by molar-refractivity contribution is 9.10. The normalized spacial score (nSPS) is 14.1. The van der Waals surface area contributed by atoms with Crippen molar-refractivity contribution in [2.45, 2.75) is 17.9 Å². The lowest BCUT2D eigenvalue weighted by Crippen LogP contribution is -2.23. The molecular weight excluding hydrogens is 360 g/mol. The van der Waals surface area contributed by atoms with Gasteiger partial charge in [0.15, 0.2) is 0 Å². The zero-order chi connectivity index (χ0) is 14.2. The van der Waals surface area contributed by atoms with Gasteiger partial charge in [-0.25, -0.2) is 13.1 Å². The van der Waals surface area contributed by atoms with Crippen molar-refractivity contribution in [2.75, 3.05) is 11.9 Å². The van der Waals surface area contributed by atoms with Gasteiger partial charge in [-0.1, -0.05) is 0 Å². The van der Waals surface area contributed by atoms with E-state index in [0.29, 0.717) is 11.4 Å². The summed E-state index contributed by atoms with van der Waals surface area (Å²) in [6.45, 7) is 1.17. The Balaban J connectivity index is 1.80. The van der Waals surface area contributed by atoms with Gasteiger partial charge in [-0.15, -0.1) is 11.3 Å². The van der Waals surface area contributed by atoms with E-state index in [0.717, 1.165) is 33.6 Å². The van der Waals surface area contributed by atoms with Crippen LogP contribution in [0.25, 0.3) is 0 Å². The van der Waals surface area contributed by atoms with E-state index >= 15 is 0 Å². The summed E-state index contributed by atoms with van der Waals surface area (Å²) in [6, 6.07) is 7.14. The molecule has 106 valence electrons. The van der Waals surface area contributed by atoms with E-state index in [9.17, 15) is 8.42 Å². The Hall–Kier alpha value is -0.890. The fourth-order valence-corrected chi connectivity index (χ4v) is 4.71. The maximum atomic E-state index is 12.3. The number of hydrogen-bond donors (Lipinski definition) is 2. The van der Waals surface area contributed by atoms with Crippen LogP contribution in [-0.4, -0.2) is 15.0 Å². The highest BCUT2D eigenvalue weighted by atomic mass is 79.9. The van der Waals surface area contributed by atoms with Gasteiger partial charge in [0.2, 0.25) is 10.0 Å². The van der Waals surface area contributed by atoms with Crippen LogP contribution in [0.4, 0.5) is 5.69 Å². The van der Waals surface area contributed by atoms with E-state index in [-0.39, 0.29) is 0 Å². The molecule has 1 aromatic heterocycles. The van der Waals surface area contributed by atoms with Crippen molar-refractivity contribution < 1.29 is 8.42 Å². The second-order valence-corrected chi connectivity index (χ2v) is 8.13. The Labute approximate surface area is 130 Å². The molecule has 7 heteroatoms. The summed E-state index contributed by atoms with van der Waals surface area (Å²) in [7, 11) is -3.47. The van der Waals surface area contributed by atoms with Gasteiger partial charge in [-0.05, 0) is 57.6 Å². The quantitative estimate of drug-likeness (QED) is 0.867. The molecule has 0 radical (unpaired) electrons. The molecule has 0 saturated heterocycles. The molecule has 2 aromatic rings. The van der Waals surface area contributed by atoms with Crippen LogP contribution in [0, 0.1) is 0 Å². The number of nitrogens with one attached hydrogen (secondary N) is 2. The first-order chi connectivity index (χ1) is 9.56. The summed E-state index contributed by atoms with van der Waals surface area (Å²) in [5, 5.41) is 5.15. The van der Waals surface area contributed by atoms with Gasteiger partial charge in [-0.2, -0.15) is 0 Å². The summed E-state index contributed by atoms with van der Waals surface area (Å²) in [5.41, 5.74) is 2.09. The van der Waals surface area contributed by atoms with Crippen LogP contribution in [0.2, 0.25) is 0 Å². The molecule has 1 aliphatic heterocycles. The minimum Gasteiger partial charge on any atom is -0.384 e. The van der Waals surface area contributed by atoms with Gasteiger partial charge in [0.25, 0.3) is 0 Å². The average Bonchev–Trinajstić information content (AvgIpc) is 3.04. The van der Waals surface area contributed by atoms with Crippen LogP contribution in [0.15, 0.2) is 39.0 Å². The molecule has 1 aromatic carbocycles. The van der Waals surface area contributed by atoms with Gasteiger partial charge in [0.1, 0.15) is 0 Å². The number of halogens is 1. The molecule has 0 fully saturated rings. The lowest BCUT2D eigenvalue weighted by atomic mass is 10.2. The molecule has 0 spiro atoms. The number of rotatable bonds is 4. The van der Waals surface area contributed by atoms with Gasteiger partial charge < -0.3 is 5.32 Å². The lowest BCUT2D eigenvalue weighted by Gasteiger charge is -2.08. The largest absolute Gasteiger partial charge is 0.384 e. The zero-order valence-corrected chi connectivity index (χ0v) is 13.7. The van der Waals surface area contributed by atoms with Crippen LogP contribution in [0.3, 0.4) is 0 Å². The summed E-state index contributed by atoms with van der Waals surface area (Å²) in [4.78, 5) is 1.30. The first kappa shape index (κ1) is 14.1. The van der Waals surface area contributed by atoms with Crippen molar-refractivity contribution in [1.29, 1.82) is 0 Å². The lowest BCUT2D eigenvalue weighted by molar-refractivity contribution is 0.581. The van der Waals surface area contributed by atoms with Gasteiger partial charge in [-0.3, -0.25) is 0 Å². The monoisotopic (exact) mass is 372 g/mol. The van der Waals surface area contributed by atoms with Crippen molar-refractivity contribution in [3.63, 3.8) is 0 Å². The molecule has 2 N–H and O–H groups in total. The first-order valence-corrected chi connectivity index (χ1v) is 9.30. The second-order valence-electron chi connectivity index (χ2n) is 4.51. The van der Waals surface area contributed by atoms with Crippen LogP contribution >= 0.6 is 27.3 Å². The highest BCUT2D eigenvalue weighted by Gasteiger charge is 2.18. The summed E-state index contributed by atoms with van der Waals surface area (Å²) in [6.07, 6.45) is 0.870. The second kappa shape index (κ2) is 5.48. The number of fused-ring (bicyclic) bond motifs is 1. The third-order valence-corrected chi connectivity index (χ3v) is 6.54. The van der Waals surface area contributed by atoms with Crippen LogP contribution in [0.5, 0.6) is 0 Å². The molecular formula is C13H13BrN2O2S2. The van der Waals surface area contributed by atoms with E-state index in [1.54, 1.807) is 12.1 Å². The summed E-state index contributed by atoms with van der Waals surface area (Å²) >= 11 is 4.92. The van der Waals surface area contributed by atoms with Gasteiger partial charge in [0.05, 0.1) is 4.90 Å². The summed E-state index contributed by atoms with van der Waals surface area (Å²) in [5.74, 6) is 0. The molecule has 4 nitrogen and oxygen atoms in total. The summed E-state index contributed by atoms with van der Waals surface area (Å²) < 4.78 is 28.2. The molecule has 0 saturated carbocycles. The Bertz CT molecular complexity index is 741. The van der Waals surface area contributed by atoms with Crippen molar-refractivity contribution in [3.8, 4) is 0 Å². The maximum Gasteiger partial charge on any atom is 0.240 e. The Morgan fingerprint density at radius 1 is 1.35 bits per heavy atom. The van der Waals surface area contributed by atoms with E-state index in [4.69, 9.17) is 0 Å². The van der Waals surface area contributed by atoms with E-state index < -0.39 is 10.0 Å². The van der Waals surface area contributed by atoms with Gasteiger partial charge in [0, 0.05) is 28.1 Å². The number of benzene rings is 1. The first-order valence-electron chi connectivity index (χ1n) is 6.14. The number of sulfonamides is 1. The van der Waals surface area contributed by atoms with Crippen LogP contribution in [0.1, 0.15) is 10.4 Å². The van der Waals surface area contributed by atoms with Crippen molar-refractivity contribution >= 4 is 43.0 Å². The molecule has 20 heavy (non-hydrogen) atoms. The van der Waals surface area contributed by atoms with Crippen LogP contribution < -0.4 is 10.0 Å². The van der Waals surface area contributed by atoms with Gasteiger partial charge >= 0.3 is 0 Å². The minimum absolute atomic E-state index is 0.302. The molecule has 0 aliphatic carbocycles. The Kier molecular flexibility index (Phi) is 3.85. The third kappa shape index (κ3) is 2.76. The maximum absolute atomic E-state index is 12.3. The van der Waals surface area contributed by atoms with E-state index in [1.807, 2.05) is 17.5 Å². The topological polar surface area (TPSA) is 58.2 Å². The molecule has 0 atom stereocenters. The third-order valence-electron chi connectivity index (χ3n) is 3.21. The number of thiophene rings is 1. The fraction of sp³-hybridized carbons (Fsp3) is 0.231. The average molecular weight is 373 g/mol. The SMILES string of the molecule is O=S(=O)(NCc1sccc1Br)c1ccc2c(c1)CCN2. The van der Waals surface area contributed by atoms with E-state index in [2.05, 4.69) is 26.0 Å². The van der Waals surface area contributed by atoms with Crippen LogP contribution in [-0.2, 0) is 23.0 Å². The number of anilines is 1. The molecule has 0 bridgehead atoms. The predicted octanol–water partition coefficient (Wildman–Crippen LogP) is 2.96. The Morgan fingerprint density at radius 2 is 2.20 bits per heavy atom. The zero-order valence-electron chi connectivity index (χ0n) is 10.5. The smallest absolute Gasteiger partial charge is 0.240 e. The predicted molar refractivity (Wildman–Crippen MR) is 84.7 cm³/mol. The number of hydrogen-bond acceptors (Lipinski definition) is 4. The molecule has 0 unspecified atom stereocenters. The van der Waals surface area contributed by atoms with Crippen molar-refractivity contribution in [2.24, 2.45) is 0 Å². The molecule has 1 aliphatic rings. The standard InChI is InChI=1S/C13H13BrN2O2S2/c14-11-4-6-19-13(11)8-16-20(17,18)10-1-2-12-9(7-10)3-5-15-12/h1-2,4,6-7,15-16H,3,5,8H2. The van der Waals surface area contributed by atoms with Crippen molar-refractivity contribution in [1.82, 2.24) is 4.72 Å². The molecule has 2 heterocycles. The molecule has 3 rings (SSSR count). The fourth-order valence-electron chi connectivity index (χ4n) is 2.14. The Morgan fingerprint density at radius 3 is 2.95 bits per heavy atom. The highest BCUT2D eigenvalue weighted by Crippen LogP contribution is 2.26. The molecule has 0 amide bonds. The van der Waals surface area contributed by atoms with Crippen molar-refractivity contribution in [3.05, 3.63) is 44.6 Å². The van der Waals surface area contributed by atoms with E-state index in [1.165, 1.54) is 11.3 Å².